The van der Waals surface area contributed by atoms with Gasteiger partial charge >= 0.3 is 0 Å². The number of halogens is 1. The molecule has 0 radical (unpaired) electrons. The van der Waals surface area contributed by atoms with Crippen molar-refractivity contribution in [3.63, 3.8) is 0 Å². The molecule has 10 heteroatoms. The van der Waals surface area contributed by atoms with Crippen LogP contribution in [0.5, 0.6) is 0 Å². The van der Waals surface area contributed by atoms with Crippen LogP contribution in [-0.2, 0) is 6.54 Å². The number of azo groups is 1. The van der Waals surface area contributed by atoms with Gasteiger partial charge in [-0.2, -0.15) is 15.5 Å². The first-order valence-electron chi connectivity index (χ1n) is 10.8. The van der Waals surface area contributed by atoms with Crippen molar-refractivity contribution in [1.29, 1.82) is 5.26 Å². The highest BCUT2D eigenvalue weighted by molar-refractivity contribution is 5.98. The monoisotopic (exact) mass is 475 g/mol. The maximum Gasteiger partial charge on any atom is 0.149 e. The van der Waals surface area contributed by atoms with E-state index in [0.29, 0.717) is 39.0 Å². The summed E-state index contributed by atoms with van der Waals surface area (Å²) in [6, 6.07) is 17.4. The standard InChI is InChI=1S/C26H18FN9/c27-18-5-2-8-31-21(18)14-34-36-25-22(16-6-7-19-20(12-16)33-10-9-32-19)24(35-26(30)23(25)29)17-4-1-3-15(11-17)13-28/h1-12H,14,29H2,(H2,30,35). The zero-order chi connectivity index (χ0) is 25.1. The van der Waals surface area contributed by atoms with Crippen LogP contribution >= 0.6 is 0 Å². The molecule has 0 spiro atoms. The minimum atomic E-state index is -0.485. The fraction of sp³-hybridized carbons (Fsp3) is 0.0385. The Hall–Kier alpha value is -5.30. The number of nitrogen functional groups attached to an aromatic ring is 2. The van der Waals surface area contributed by atoms with E-state index in [1.165, 1.54) is 18.3 Å². The molecule has 0 atom stereocenters. The van der Waals surface area contributed by atoms with Gasteiger partial charge in [-0.3, -0.25) is 15.0 Å². The van der Waals surface area contributed by atoms with Crippen molar-refractivity contribution >= 4 is 28.2 Å². The number of fused-ring (bicyclic) bond motifs is 1. The minimum absolute atomic E-state index is 0.0506. The number of hydrogen-bond donors (Lipinski definition) is 2. The lowest BCUT2D eigenvalue weighted by molar-refractivity contribution is 0.598. The average molecular weight is 475 g/mol. The highest BCUT2D eigenvalue weighted by Crippen LogP contribution is 2.44. The third-order valence-corrected chi connectivity index (χ3v) is 5.49. The fourth-order valence-electron chi connectivity index (χ4n) is 3.75. The highest BCUT2D eigenvalue weighted by atomic mass is 19.1. The van der Waals surface area contributed by atoms with E-state index in [-0.39, 0.29) is 29.4 Å². The molecule has 3 aromatic heterocycles. The van der Waals surface area contributed by atoms with Crippen molar-refractivity contribution in [3.05, 3.63) is 90.3 Å². The van der Waals surface area contributed by atoms with E-state index in [2.05, 4.69) is 36.2 Å². The van der Waals surface area contributed by atoms with E-state index in [9.17, 15) is 9.65 Å². The van der Waals surface area contributed by atoms with Gasteiger partial charge < -0.3 is 11.5 Å². The lowest BCUT2D eigenvalue weighted by atomic mass is 9.95. The van der Waals surface area contributed by atoms with Crippen LogP contribution in [0, 0.1) is 17.1 Å². The number of nitrogens with zero attached hydrogens (tertiary/aromatic N) is 7. The minimum Gasteiger partial charge on any atom is -0.394 e. The molecule has 3 heterocycles. The molecule has 9 nitrogen and oxygen atoms in total. The summed E-state index contributed by atoms with van der Waals surface area (Å²) in [5, 5.41) is 17.9. The zero-order valence-electron chi connectivity index (χ0n) is 18.8. The number of pyridine rings is 2. The molecule has 0 bridgehead atoms. The van der Waals surface area contributed by atoms with Crippen LogP contribution in [0.25, 0.3) is 33.4 Å². The molecular weight excluding hydrogens is 457 g/mol. The molecular formula is C26H18FN9. The van der Waals surface area contributed by atoms with Crippen molar-refractivity contribution < 1.29 is 4.39 Å². The second-order valence-corrected chi connectivity index (χ2v) is 7.77. The van der Waals surface area contributed by atoms with E-state index < -0.39 is 5.82 Å². The number of aromatic nitrogens is 4. The molecule has 174 valence electrons. The van der Waals surface area contributed by atoms with Gasteiger partial charge in [-0.1, -0.05) is 18.2 Å². The summed E-state index contributed by atoms with van der Waals surface area (Å²) in [4.78, 5) is 17.3. The Morgan fingerprint density at radius 1 is 0.889 bits per heavy atom. The average Bonchev–Trinajstić information content (AvgIpc) is 2.91. The summed E-state index contributed by atoms with van der Waals surface area (Å²) in [7, 11) is 0. The third-order valence-electron chi connectivity index (χ3n) is 5.49. The van der Waals surface area contributed by atoms with E-state index in [1.54, 1.807) is 30.6 Å². The third kappa shape index (κ3) is 4.28. The van der Waals surface area contributed by atoms with Crippen molar-refractivity contribution in [1.82, 2.24) is 19.9 Å². The maximum atomic E-state index is 14.1. The van der Waals surface area contributed by atoms with Gasteiger partial charge in [-0.05, 0) is 42.0 Å². The van der Waals surface area contributed by atoms with Crippen LogP contribution in [0.15, 0.2) is 83.4 Å². The van der Waals surface area contributed by atoms with Gasteiger partial charge in [0.05, 0.1) is 34.1 Å². The Morgan fingerprint density at radius 2 is 1.72 bits per heavy atom. The maximum absolute atomic E-state index is 14.1. The largest absolute Gasteiger partial charge is 0.394 e. The van der Waals surface area contributed by atoms with E-state index in [1.807, 2.05) is 24.3 Å². The van der Waals surface area contributed by atoms with Crippen LogP contribution < -0.4 is 11.5 Å². The Balaban J connectivity index is 1.74. The van der Waals surface area contributed by atoms with Gasteiger partial charge in [-0.15, -0.1) is 0 Å². The van der Waals surface area contributed by atoms with Crippen molar-refractivity contribution in [2.24, 2.45) is 10.2 Å². The molecule has 0 aliphatic heterocycles. The summed E-state index contributed by atoms with van der Waals surface area (Å²) in [6.07, 6.45) is 4.69. The Labute approximate surface area is 205 Å². The Kier molecular flexibility index (Phi) is 5.95. The SMILES string of the molecule is N#Cc1cccc(-c2nc(N)c(N)c(N=NCc3ncccc3F)c2-c2ccc3nccnc3c2)c1. The lowest BCUT2D eigenvalue weighted by Crippen LogP contribution is -2.03. The molecule has 0 saturated carbocycles. The zero-order valence-corrected chi connectivity index (χ0v) is 18.8. The first kappa shape index (κ1) is 22.5. The summed E-state index contributed by atoms with van der Waals surface area (Å²) in [6.45, 7) is -0.101. The smallest absolute Gasteiger partial charge is 0.149 e. The predicted octanol–water partition coefficient (Wildman–Crippen LogP) is 5.21. The van der Waals surface area contributed by atoms with Gasteiger partial charge in [0.2, 0.25) is 0 Å². The second kappa shape index (κ2) is 9.52. The number of benzene rings is 2. The number of anilines is 2. The van der Waals surface area contributed by atoms with Crippen LogP contribution in [0.4, 0.5) is 21.6 Å². The molecule has 0 fully saturated rings. The molecule has 0 saturated heterocycles. The van der Waals surface area contributed by atoms with Gasteiger partial charge in [0.1, 0.15) is 29.6 Å². The molecule has 5 aromatic rings. The topological polar surface area (TPSA) is 152 Å². The number of hydrogen-bond acceptors (Lipinski definition) is 9. The van der Waals surface area contributed by atoms with Crippen molar-refractivity contribution in [3.8, 4) is 28.5 Å². The number of rotatable bonds is 5. The Bertz CT molecular complexity index is 1670. The molecule has 5 rings (SSSR count). The van der Waals surface area contributed by atoms with Crippen LogP contribution in [0.2, 0.25) is 0 Å². The normalized spacial score (nSPS) is 11.1. The van der Waals surface area contributed by atoms with E-state index in [0.717, 1.165) is 0 Å². The van der Waals surface area contributed by atoms with Crippen molar-refractivity contribution in [2.75, 3.05) is 11.5 Å². The Morgan fingerprint density at radius 3 is 2.53 bits per heavy atom. The van der Waals surface area contributed by atoms with E-state index in [4.69, 9.17) is 11.5 Å². The predicted molar refractivity (Wildman–Crippen MR) is 134 cm³/mol. The molecule has 36 heavy (non-hydrogen) atoms. The summed E-state index contributed by atoms with van der Waals surface area (Å²) in [5.41, 5.74) is 17.2. The fourth-order valence-corrected chi connectivity index (χ4v) is 3.75. The first-order valence-corrected chi connectivity index (χ1v) is 10.8. The van der Waals surface area contributed by atoms with Crippen LogP contribution in [0.1, 0.15) is 11.3 Å². The summed E-state index contributed by atoms with van der Waals surface area (Å²) in [5.74, 6) is -0.435. The molecule has 0 unspecified atom stereocenters. The van der Waals surface area contributed by atoms with Crippen LogP contribution in [0.3, 0.4) is 0 Å². The van der Waals surface area contributed by atoms with Crippen molar-refractivity contribution in [2.45, 2.75) is 6.54 Å². The van der Waals surface area contributed by atoms with Gasteiger partial charge in [0.25, 0.3) is 0 Å². The molecule has 0 aliphatic carbocycles. The van der Waals surface area contributed by atoms with E-state index >= 15 is 0 Å². The molecule has 2 aromatic carbocycles. The summed E-state index contributed by atoms with van der Waals surface area (Å²) < 4.78 is 14.1. The highest BCUT2D eigenvalue weighted by Gasteiger charge is 2.21. The van der Waals surface area contributed by atoms with Gasteiger partial charge in [0.15, 0.2) is 0 Å². The van der Waals surface area contributed by atoms with Gasteiger partial charge in [-0.25, -0.2) is 9.37 Å². The second-order valence-electron chi connectivity index (χ2n) is 7.77. The van der Waals surface area contributed by atoms with Gasteiger partial charge in [0, 0.05) is 29.7 Å². The quantitative estimate of drug-likeness (QED) is 0.331. The number of nitrogens with two attached hydrogens (primary N) is 2. The molecule has 4 N–H and O–H groups in total. The lowest BCUT2D eigenvalue weighted by Gasteiger charge is -2.16. The first-order chi connectivity index (χ1) is 17.5. The molecule has 0 aliphatic rings. The summed E-state index contributed by atoms with van der Waals surface area (Å²) >= 11 is 0. The van der Waals surface area contributed by atoms with Crippen LogP contribution in [-0.4, -0.2) is 19.9 Å². The number of nitriles is 1. The molecule has 0 amide bonds.